The summed E-state index contributed by atoms with van der Waals surface area (Å²) in [5.41, 5.74) is 1.19. The van der Waals surface area contributed by atoms with Crippen molar-refractivity contribution in [1.29, 1.82) is 0 Å². The first-order valence-corrected chi connectivity index (χ1v) is 7.71. The maximum atomic E-state index is 5.82. The summed E-state index contributed by atoms with van der Waals surface area (Å²) in [6.07, 6.45) is 1.11. The van der Waals surface area contributed by atoms with Crippen LogP contribution in [-0.2, 0) is 4.74 Å². The highest BCUT2D eigenvalue weighted by molar-refractivity contribution is 5.36. The van der Waals surface area contributed by atoms with Crippen molar-refractivity contribution >= 4 is 0 Å². The number of para-hydroxylation sites is 1. The van der Waals surface area contributed by atoms with E-state index >= 15 is 0 Å². The highest BCUT2D eigenvalue weighted by Crippen LogP contribution is 2.25. The molecule has 0 aromatic heterocycles. The van der Waals surface area contributed by atoms with Crippen LogP contribution in [-0.4, -0.2) is 26.4 Å². The van der Waals surface area contributed by atoms with E-state index in [1.807, 2.05) is 19.1 Å². The Kier molecular flexibility index (Phi) is 8.31. The van der Waals surface area contributed by atoms with Gasteiger partial charge in [0.15, 0.2) is 0 Å². The van der Waals surface area contributed by atoms with Gasteiger partial charge in [0.05, 0.1) is 19.3 Å². The molecule has 0 spiro atoms. The van der Waals surface area contributed by atoms with Crippen LogP contribution >= 0.6 is 0 Å². The van der Waals surface area contributed by atoms with Crippen molar-refractivity contribution in [2.45, 2.75) is 40.2 Å². The largest absolute Gasteiger partial charge is 0.494 e. The van der Waals surface area contributed by atoms with E-state index in [-0.39, 0.29) is 6.04 Å². The third kappa shape index (κ3) is 5.93. The average molecular weight is 279 g/mol. The second kappa shape index (κ2) is 9.78. The maximum absolute atomic E-state index is 5.82. The Hall–Kier alpha value is -1.06. The molecule has 0 aliphatic rings. The molecule has 0 saturated carbocycles. The van der Waals surface area contributed by atoms with Gasteiger partial charge in [-0.1, -0.05) is 39.0 Å². The van der Waals surface area contributed by atoms with Gasteiger partial charge in [0.2, 0.25) is 0 Å². The molecule has 3 nitrogen and oxygen atoms in total. The molecule has 1 N–H and O–H groups in total. The molecule has 1 rings (SSSR count). The lowest BCUT2D eigenvalue weighted by Gasteiger charge is -2.22. The van der Waals surface area contributed by atoms with E-state index in [1.54, 1.807) is 0 Å². The predicted octanol–water partition coefficient (Wildman–Crippen LogP) is 3.80. The molecule has 0 aliphatic heterocycles. The summed E-state index contributed by atoms with van der Waals surface area (Å²) in [6.45, 7) is 11.7. The smallest absolute Gasteiger partial charge is 0.124 e. The highest BCUT2D eigenvalue weighted by atomic mass is 16.5. The summed E-state index contributed by atoms with van der Waals surface area (Å²) in [7, 11) is 0. The number of hydrogen-bond donors (Lipinski definition) is 1. The van der Waals surface area contributed by atoms with E-state index in [2.05, 4.69) is 38.2 Å². The zero-order valence-corrected chi connectivity index (χ0v) is 13.3. The molecule has 0 radical (unpaired) electrons. The van der Waals surface area contributed by atoms with Crippen molar-refractivity contribution in [1.82, 2.24) is 5.32 Å². The molecular weight excluding hydrogens is 250 g/mol. The van der Waals surface area contributed by atoms with Crippen molar-refractivity contribution in [3.63, 3.8) is 0 Å². The lowest BCUT2D eigenvalue weighted by atomic mass is 10.1. The molecule has 0 saturated heterocycles. The SMILES string of the molecule is CCCNC(COCC(C)C)c1ccccc1OCC. The van der Waals surface area contributed by atoms with E-state index in [1.165, 1.54) is 5.56 Å². The Labute approximate surface area is 123 Å². The van der Waals surface area contributed by atoms with E-state index in [0.29, 0.717) is 19.1 Å². The molecule has 0 aliphatic carbocycles. The summed E-state index contributed by atoms with van der Waals surface area (Å²) in [5, 5.41) is 3.55. The predicted molar refractivity (Wildman–Crippen MR) is 84.3 cm³/mol. The molecule has 0 heterocycles. The monoisotopic (exact) mass is 279 g/mol. The van der Waals surface area contributed by atoms with Crippen molar-refractivity contribution in [3.8, 4) is 5.75 Å². The number of ether oxygens (including phenoxy) is 2. The first-order valence-electron chi connectivity index (χ1n) is 7.71. The molecule has 1 aromatic rings. The first-order chi connectivity index (χ1) is 9.69. The molecule has 0 bridgehead atoms. The molecular formula is C17H29NO2. The van der Waals surface area contributed by atoms with Crippen molar-refractivity contribution in [2.24, 2.45) is 5.92 Å². The second-order valence-electron chi connectivity index (χ2n) is 5.41. The minimum Gasteiger partial charge on any atom is -0.494 e. The van der Waals surface area contributed by atoms with Gasteiger partial charge in [0.1, 0.15) is 5.75 Å². The molecule has 1 aromatic carbocycles. The number of nitrogens with one attached hydrogen (secondary N) is 1. The minimum atomic E-state index is 0.191. The van der Waals surface area contributed by atoms with Crippen molar-refractivity contribution in [2.75, 3.05) is 26.4 Å². The summed E-state index contributed by atoms with van der Waals surface area (Å²) in [5.74, 6) is 1.51. The fourth-order valence-corrected chi connectivity index (χ4v) is 2.05. The van der Waals surface area contributed by atoms with Gasteiger partial charge in [-0.15, -0.1) is 0 Å². The van der Waals surface area contributed by atoms with Crippen LogP contribution in [0.15, 0.2) is 24.3 Å². The van der Waals surface area contributed by atoms with Gasteiger partial charge >= 0.3 is 0 Å². The van der Waals surface area contributed by atoms with Crippen LogP contribution in [0.1, 0.15) is 45.7 Å². The number of benzene rings is 1. The van der Waals surface area contributed by atoms with Crippen molar-refractivity contribution < 1.29 is 9.47 Å². The lowest BCUT2D eigenvalue weighted by molar-refractivity contribution is 0.0894. The zero-order chi connectivity index (χ0) is 14.8. The highest BCUT2D eigenvalue weighted by Gasteiger charge is 2.15. The Morgan fingerprint density at radius 2 is 1.85 bits per heavy atom. The molecule has 0 fully saturated rings. The van der Waals surface area contributed by atoms with Crippen LogP contribution < -0.4 is 10.1 Å². The Morgan fingerprint density at radius 1 is 1.10 bits per heavy atom. The van der Waals surface area contributed by atoms with E-state index in [4.69, 9.17) is 9.47 Å². The fraction of sp³-hybridized carbons (Fsp3) is 0.647. The summed E-state index contributed by atoms with van der Waals surface area (Å²) >= 11 is 0. The van der Waals surface area contributed by atoms with Crippen LogP contribution in [0.4, 0.5) is 0 Å². The van der Waals surface area contributed by atoms with Crippen LogP contribution in [0.25, 0.3) is 0 Å². The van der Waals surface area contributed by atoms with Gasteiger partial charge in [-0.2, -0.15) is 0 Å². The number of hydrogen-bond acceptors (Lipinski definition) is 3. The Morgan fingerprint density at radius 3 is 2.50 bits per heavy atom. The second-order valence-corrected chi connectivity index (χ2v) is 5.41. The average Bonchev–Trinajstić information content (AvgIpc) is 2.43. The van der Waals surface area contributed by atoms with Gasteiger partial charge in [-0.3, -0.25) is 0 Å². The third-order valence-corrected chi connectivity index (χ3v) is 2.97. The quantitative estimate of drug-likeness (QED) is 0.706. The van der Waals surface area contributed by atoms with Gasteiger partial charge in [-0.25, -0.2) is 0 Å². The van der Waals surface area contributed by atoms with Gasteiger partial charge in [0, 0.05) is 12.2 Å². The van der Waals surface area contributed by atoms with Gasteiger partial charge < -0.3 is 14.8 Å². The summed E-state index contributed by atoms with van der Waals surface area (Å²) < 4.78 is 11.6. The first kappa shape index (κ1) is 17.0. The third-order valence-electron chi connectivity index (χ3n) is 2.97. The Bertz CT molecular complexity index is 366. The summed E-state index contributed by atoms with van der Waals surface area (Å²) in [4.78, 5) is 0. The summed E-state index contributed by atoms with van der Waals surface area (Å²) in [6, 6.07) is 8.41. The topological polar surface area (TPSA) is 30.5 Å². The van der Waals surface area contributed by atoms with Crippen LogP contribution in [0, 0.1) is 5.92 Å². The normalized spacial score (nSPS) is 12.7. The zero-order valence-electron chi connectivity index (χ0n) is 13.3. The molecule has 3 heteroatoms. The Balaban J connectivity index is 2.75. The van der Waals surface area contributed by atoms with E-state index < -0.39 is 0 Å². The van der Waals surface area contributed by atoms with Crippen LogP contribution in [0.3, 0.4) is 0 Å². The maximum Gasteiger partial charge on any atom is 0.124 e. The fourth-order valence-electron chi connectivity index (χ4n) is 2.05. The molecule has 114 valence electrons. The van der Waals surface area contributed by atoms with Gasteiger partial charge in [-0.05, 0) is 31.9 Å². The minimum absolute atomic E-state index is 0.191. The van der Waals surface area contributed by atoms with Crippen molar-refractivity contribution in [3.05, 3.63) is 29.8 Å². The molecule has 1 unspecified atom stereocenters. The standard InChI is InChI=1S/C17H29NO2/c1-5-11-18-16(13-19-12-14(3)4)15-9-7-8-10-17(15)20-6-2/h7-10,14,16,18H,5-6,11-13H2,1-4H3. The molecule has 20 heavy (non-hydrogen) atoms. The van der Waals surface area contributed by atoms with Crippen LogP contribution in [0.5, 0.6) is 5.75 Å². The van der Waals surface area contributed by atoms with E-state index in [0.717, 1.165) is 25.3 Å². The molecule has 1 atom stereocenters. The van der Waals surface area contributed by atoms with Gasteiger partial charge in [0.25, 0.3) is 0 Å². The van der Waals surface area contributed by atoms with Crippen LogP contribution in [0.2, 0.25) is 0 Å². The lowest BCUT2D eigenvalue weighted by Crippen LogP contribution is -2.27. The molecule has 0 amide bonds. The van der Waals surface area contributed by atoms with E-state index in [9.17, 15) is 0 Å². The number of rotatable bonds is 10.